The summed E-state index contributed by atoms with van der Waals surface area (Å²) < 4.78 is 30.3. The molecular formula is C16H25FN4O4. The van der Waals surface area contributed by atoms with E-state index < -0.39 is 11.8 Å². The molecule has 0 spiro atoms. The third kappa shape index (κ3) is 3.62. The molecule has 140 valence electrons. The number of carbonyl (C=O) groups is 1. The lowest BCUT2D eigenvalue weighted by atomic mass is 9.92. The summed E-state index contributed by atoms with van der Waals surface area (Å²) >= 11 is 0. The van der Waals surface area contributed by atoms with E-state index in [1.54, 1.807) is 30.9 Å². The molecule has 3 heterocycles. The van der Waals surface area contributed by atoms with E-state index in [-0.39, 0.29) is 18.5 Å². The average Bonchev–Trinajstić information content (AvgIpc) is 3.20. The fraction of sp³-hybridized carbons (Fsp3) is 0.812. The van der Waals surface area contributed by atoms with E-state index in [4.69, 9.17) is 13.9 Å². The number of aromatic nitrogens is 2. The quantitative estimate of drug-likeness (QED) is 0.777. The Balaban J connectivity index is 1.70. The van der Waals surface area contributed by atoms with Gasteiger partial charge in [0.05, 0.1) is 12.6 Å². The van der Waals surface area contributed by atoms with E-state index in [0.29, 0.717) is 50.9 Å². The molecule has 2 saturated heterocycles. The lowest BCUT2D eigenvalue weighted by Crippen LogP contribution is -2.54. The molecule has 0 unspecified atom stereocenters. The molecule has 9 heteroatoms. The van der Waals surface area contributed by atoms with Crippen molar-refractivity contribution in [1.82, 2.24) is 15.1 Å². The van der Waals surface area contributed by atoms with Crippen LogP contribution in [0.2, 0.25) is 0 Å². The number of likely N-dealkylation sites (N-methyl/N-ethyl adjacent to an activating group) is 1. The Morgan fingerprint density at radius 2 is 2.16 bits per heavy atom. The normalized spacial score (nSPS) is 26.0. The van der Waals surface area contributed by atoms with Crippen molar-refractivity contribution in [2.45, 2.75) is 44.0 Å². The van der Waals surface area contributed by atoms with Gasteiger partial charge >= 0.3 is 6.01 Å². The zero-order valence-corrected chi connectivity index (χ0v) is 14.9. The molecule has 25 heavy (non-hydrogen) atoms. The molecule has 2 aliphatic rings. The fourth-order valence-electron chi connectivity index (χ4n) is 3.62. The number of carbonyl (C=O) groups excluding carboxylic acids is 1. The number of amides is 1. The van der Waals surface area contributed by atoms with Gasteiger partial charge in [0.15, 0.2) is 5.60 Å². The van der Waals surface area contributed by atoms with Crippen LogP contribution in [0.4, 0.5) is 10.4 Å². The van der Waals surface area contributed by atoms with Crippen molar-refractivity contribution in [3.8, 4) is 0 Å². The molecule has 3 rings (SSSR count). The van der Waals surface area contributed by atoms with Gasteiger partial charge in [-0.05, 0) is 0 Å². The van der Waals surface area contributed by atoms with Gasteiger partial charge in [-0.3, -0.25) is 4.79 Å². The van der Waals surface area contributed by atoms with Gasteiger partial charge in [-0.2, -0.15) is 0 Å². The van der Waals surface area contributed by atoms with Gasteiger partial charge < -0.3 is 23.7 Å². The second-order valence-electron chi connectivity index (χ2n) is 6.74. The maximum Gasteiger partial charge on any atom is 0.318 e. The van der Waals surface area contributed by atoms with E-state index in [2.05, 4.69) is 10.2 Å². The van der Waals surface area contributed by atoms with Gasteiger partial charge in [-0.25, -0.2) is 4.39 Å². The first-order valence-corrected chi connectivity index (χ1v) is 8.54. The lowest BCUT2D eigenvalue weighted by molar-refractivity contribution is -0.165. The highest BCUT2D eigenvalue weighted by molar-refractivity contribution is 5.85. The number of methoxy groups -OCH3 is 1. The zero-order valence-electron chi connectivity index (χ0n) is 14.9. The maximum atomic E-state index is 14.0. The number of hydrogen-bond acceptors (Lipinski definition) is 7. The smallest absolute Gasteiger partial charge is 0.318 e. The first-order valence-electron chi connectivity index (χ1n) is 8.54. The predicted molar refractivity (Wildman–Crippen MR) is 87.1 cm³/mol. The molecule has 0 aromatic carbocycles. The number of rotatable bonds is 5. The Morgan fingerprint density at radius 3 is 2.76 bits per heavy atom. The minimum atomic E-state index is -0.986. The summed E-state index contributed by atoms with van der Waals surface area (Å²) in [6.07, 6.45) is 0.383. The van der Waals surface area contributed by atoms with Gasteiger partial charge in [0.2, 0.25) is 5.89 Å². The Kier molecular flexibility index (Phi) is 5.24. The zero-order chi connectivity index (χ0) is 18.0. The fourth-order valence-corrected chi connectivity index (χ4v) is 3.62. The maximum absolute atomic E-state index is 14.0. The Bertz CT molecular complexity index is 605. The van der Waals surface area contributed by atoms with Crippen LogP contribution < -0.4 is 4.90 Å². The largest absolute Gasteiger partial charge is 0.408 e. The third-order valence-electron chi connectivity index (χ3n) is 5.04. The van der Waals surface area contributed by atoms with Gasteiger partial charge in [0, 0.05) is 60.1 Å². The molecule has 0 saturated carbocycles. The number of ether oxygens (including phenoxy) is 2. The highest BCUT2D eigenvalue weighted by Gasteiger charge is 2.44. The number of aryl methyl sites for hydroxylation is 1. The molecule has 0 N–H and O–H groups in total. The van der Waals surface area contributed by atoms with Crippen LogP contribution in [0.15, 0.2) is 4.42 Å². The van der Waals surface area contributed by atoms with Crippen molar-refractivity contribution in [3.05, 3.63) is 5.89 Å². The van der Waals surface area contributed by atoms with Crippen LogP contribution in [-0.2, 0) is 14.3 Å². The molecule has 0 bridgehead atoms. The highest BCUT2D eigenvalue weighted by atomic mass is 19.1. The summed E-state index contributed by atoms with van der Waals surface area (Å²) in [6, 6.07) is 0.0913. The Morgan fingerprint density at radius 1 is 1.44 bits per heavy atom. The van der Waals surface area contributed by atoms with E-state index in [1.165, 1.54) is 0 Å². The number of alkyl halides is 1. The molecule has 8 nitrogen and oxygen atoms in total. The van der Waals surface area contributed by atoms with Gasteiger partial charge in [0.25, 0.3) is 5.91 Å². The van der Waals surface area contributed by atoms with Gasteiger partial charge in [-0.1, -0.05) is 5.10 Å². The first-order chi connectivity index (χ1) is 11.9. The van der Waals surface area contributed by atoms with Crippen molar-refractivity contribution in [2.24, 2.45) is 0 Å². The third-order valence-corrected chi connectivity index (χ3v) is 5.04. The second-order valence-corrected chi connectivity index (χ2v) is 6.74. The molecular weight excluding hydrogens is 331 g/mol. The number of hydrogen-bond donors (Lipinski definition) is 0. The molecule has 1 amide bonds. The lowest BCUT2D eigenvalue weighted by Gasteiger charge is -2.38. The van der Waals surface area contributed by atoms with Crippen LogP contribution in [0.1, 0.15) is 25.2 Å². The molecule has 2 aliphatic heterocycles. The molecule has 1 aromatic heterocycles. The van der Waals surface area contributed by atoms with Crippen molar-refractivity contribution in [3.63, 3.8) is 0 Å². The van der Waals surface area contributed by atoms with Crippen LogP contribution >= 0.6 is 0 Å². The summed E-state index contributed by atoms with van der Waals surface area (Å²) in [5.41, 5.74) is -0.855. The van der Waals surface area contributed by atoms with E-state index >= 15 is 0 Å². The number of anilines is 1. The second kappa shape index (κ2) is 7.25. The summed E-state index contributed by atoms with van der Waals surface area (Å²) in [5.74, 6) is 0.336. The van der Waals surface area contributed by atoms with Crippen molar-refractivity contribution < 1.29 is 23.1 Å². The molecule has 2 fully saturated rings. The Labute approximate surface area is 146 Å². The van der Waals surface area contributed by atoms with Crippen molar-refractivity contribution in [2.75, 3.05) is 45.4 Å². The van der Waals surface area contributed by atoms with Crippen LogP contribution in [0.5, 0.6) is 0 Å². The Hall–Kier alpha value is -1.74. The molecule has 0 aliphatic carbocycles. The minimum absolute atomic E-state index is 0.0951. The SMILES string of the molecule is COC1(C(=O)N(C)C[C@@H]2C[C@H](F)CN2c2nnc(C)o2)CCOCC1. The molecule has 2 atom stereocenters. The van der Waals surface area contributed by atoms with Crippen LogP contribution in [-0.4, -0.2) is 79.3 Å². The van der Waals surface area contributed by atoms with Crippen LogP contribution in [0.3, 0.4) is 0 Å². The van der Waals surface area contributed by atoms with Crippen molar-refractivity contribution >= 4 is 11.9 Å². The van der Waals surface area contributed by atoms with E-state index in [9.17, 15) is 9.18 Å². The van der Waals surface area contributed by atoms with E-state index in [0.717, 1.165) is 0 Å². The van der Waals surface area contributed by atoms with Crippen LogP contribution in [0.25, 0.3) is 0 Å². The van der Waals surface area contributed by atoms with Crippen molar-refractivity contribution in [1.29, 1.82) is 0 Å². The summed E-state index contributed by atoms with van der Waals surface area (Å²) in [5, 5.41) is 7.79. The predicted octanol–water partition coefficient (Wildman–Crippen LogP) is 0.949. The monoisotopic (exact) mass is 356 g/mol. The number of nitrogens with zero attached hydrogens (tertiary/aromatic N) is 4. The highest BCUT2D eigenvalue weighted by Crippen LogP contribution is 2.30. The summed E-state index contributed by atoms with van der Waals surface area (Å²) in [4.78, 5) is 16.3. The summed E-state index contributed by atoms with van der Waals surface area (Å²) in [7, 11) is 3.28. The van der Waals surface area contributed by atoms with E-state index in [1.807, 2.05) is 0 Å². The van der Waals surface area contributed by atoms with Gasteiger partial charge in [0.1, 0.15) is 6.17 Å². The van der Waals surface area contributed by atoms with Crippen LogP contribution in [0, 0.1) is 6.92 Å². The topological polar surface area (TPSA) is 80.9 Å². The summed E-state index contributed by atoms with van der Waals surface area (Å²) in [6.45, 7) is 3.25. The van der Waals surface area contributed by atoms with Gasteiger partial charge in [-0.15, -0.1) is 5.10 Å². The average molecular weight is 356 g/mol. The standard InChI is InChI=1S/C16H25FN4O4/c1-11-18-19-15(25-11)21-9-12(17)8-13(21)10-20(2)14(22)16(23-3)4-6-24-7-5-16/h12-13H,4-10H2,1-3H3/t12-,13-/m0/s1. The molecule has 0 radical (unpaired) electrons. The first kappa shape index (κ1) is 18.1. The molecule has 1 aromatic rings. The number of halogens is 1. The minimum Gasteiger partial charge on any atom is -0.408 e.